The lowest BCUT2D eigenvalue weighted by Crippen LogP contribution is -2.31. The van der Waals surface area contributed by atoms with Gasteiger partial charge >= 0.3 is 29.8 Å². The number of methoxy groups -OCH3 is 1. The molecule has 316 valence electrons. The highest BCUT2D eigenvalue weighted by Crippen LogP contribution is 2.20. The van der Waals surface area contributed by atoms with E-state index in [0.29, 0.717) is 65.0 Å². The van der Waals surface area contributed by atoms with Gasteiger partial charge in [-0.2, -0.15) is 0 Å². The molecule has 0 aromatic heterocycles. The van der Waals surface area contributed by atoms with Crippen molar-refractivity contribution in [2.45, 2.75) is 182 Å². The highest BCUT2D eigenvalue weighted by Gasteiger charge is 2.20. The molecule has 0 heterocycles. The fraction of sp³-hybridized carbons (Fsp3) is 0.884. The van der Waals surface area contributed by atoms with E-state index in [1.54, 1.807) is 0 Å². The van der Waals surface area contributed by atoms with Crippen LogP contribution in [0, 0.1) is 11.8 Å². The Morgan fingerprint density at radius 3 is 1.19 bits per heavy atom. The summed E-state index contributed by atoms with van der Waals surface area (Å²) in [5.41, 5.74) is 0. The van der Waals surface area contributed by atoms with Gasteiger partial charge in [-0.1, -0.05) is 105 Å². The van der Waals surface area contributed by atoms with Crippen LogP contribution >= 0.6 is 0 Å². The normalized spacial score (nSPS) is 12.3. The summed E-state index contributed by atoms with van der Waals surface area (Å²) in [4.78, 5) is 63.8. The predicted octanol–water partition coefficient (Wildman–Crippen LogP) is 9.31. The second-order valence-electron chi connectivity index (χ2n) is 14.6. The van der Waals surface area contributed by atoms with Crippen molar-refractivity contribution in [1.82, 2.24) is 4.90 Å². The summed E-state index contributed by atoms with van der Waals surface area (Å²) >= 11 is 0. The predicted molar refractivity (Wildman–Crippen MR) is 213 cm³/mol. The van der Waals surface area contributed by atoms with Crippen molar-refractivity contribution in [2.75, 3.05) is 53.2 Å². The summed E-state index contributed by atoms with van der Waals surface area (Å²) in [6.45, 7) is 11.0. The van der Waals surface area contributed by atoms with Crippen molar-refractivity contribution in [3.8, 4) is 0 Å². The van der Waals surface area contributed by atoms with Crippen LogP contribution in [0.3, 0.4) is 0 Å². The summed E-state index contributed by atoms with van der Waals surface area (Å²) in [6.07, 6.45) is 20.4. The third-order valence-corrected chi connectivity index (χ3v) is 9.73. The van der Waals surface area contributed by atoms with Gasteiger partial charge in [0, 0.05) is 19.5 Å². The van der Waals surface area contributed by atoms with Gasteiger partial charge in [-0.05, 0) is 64.3 Å². The zero-order valence-electron chi connectivity index (χ0n) is 35.1. The largest absolute Gasteiger partial charge is 0.469 e. The van der Waals surface area contributed by atoms with E-state index in [-0.39, 0.29) is 74.2 Å². The van der Waals surface area contributed by atoms with Crippen LogP contribution in [0.1, 0.15) is 182 Å². The van der Waals surface area contributed by atoms with Crippen LogP contribution in [0.4, 0.5) is 0 Å². The minimum absolute atomic E-state index is 0.0296. The molecule has 0 fully saturated rings. The molecule has 0 bridgehead atoms. The first-order chi connectivity index (χ1) is 26.2. The second kappa shape index (κ2) is 37.2. The van der Waals surface area contributed by atoms with E-state index < -0.39 is 0 Å². The molecule has 0 spiro atoms. The van der Waals surface area contributed by atoms with Crippen molar-refractivity contribution >= 4 is 29.8 Å². The number of carbonyl (C=O) groups is 5. The Balaban J connectivity index is 4.46. The molecule has 54 heavy (non-hydrogen) atoms. The van der Waals surface area contributed by atoms with Crippen LogP contribution in [0.5, 0.6) is 0 Å². The van der Waals surface area contributed by atoms with Crippen molar-refractivity contribution < 1.29 is 47.7 Å². The SMILES string of the molecule is CCCCCCC(CCCC)C(=O)OCCCCOC(=O)CCN(CCCC(=O)OC)CCC(=O)OCCCCOC(=O)C(CCCC)CCCCCC. The Morgan fingerprint density at radius 2 is 0.796 bits per heavy atom. The van der Waals surface area contributed by atoms with Crippen LogP contribution < -0.4 is 0 Å². The Morgan fingerprint density at radius 1 is 0.407 bits per heavy atom. The zero-order valence-corrected chi connectivity index (χ0v) is 35.1. The number of rotatable bonds is 38. The number of carbonyl (C=O) groups excluding carboxylic acids is 5. The van der Waals surface area contributed by atoms with Gasteiger partial charge in [0.05, 0.1) is 58.2 Å². The molecular weight excluding hydrogens is 690 g/mol. The van der Waals surface area contributed by atoms with Crippen LogP contribution in [-0.2, 0) is 47.7 Å². The monoisotopic (exact) mass is 770 g/mol. The fourth-order valence-electron chi connectivity index (χ4n) is 6.19. The van der Waals surface area contributed by atoms with Crippen LogP contribution in [0.25, 0.3) is 0 Å². The van der Waals surface area contributed by atoms with Gasteiger partial charge in [0.2, 0.25) is 0 Å². The van der Waals surface area contributed by atoms with Gasteiger partial charge in [0.15, 0.2) is 0 Å². The summed E-state index contributed by atoms with van der Waals surface area (Å²) < 4.78 is 26.7. The molecule has 0 saturated carbocycles. The van der Waals surface area contributed by atoms with E-state index in [1.807, 2.05) is 4.90 Å². The molecule has 0 amide bonds. The average molecular weight is 770 g/mol. The van der Waals surface area contributed by atoms with Crippen LogP contribution in [0.15, 0.2) is 0 Å². The highest BCUT2D eigenvalue weighted by atomic mass is 16.5. The highest BCUT2D eigenvalue weighted by molar-refractivity contribution is 5.73. The van der Waals surface area contributed by atoms with Gasteiger partial charge in [-0.25, -0.2) is 0 Å². The first kappa shape index (κ1) is 51.3. The molecule has 0 saturated heterocycles. The summed E-state index contributed by atoms with van der Waals surface area (Å²) in [5, 5.41) is 0. The molecule has 2 atom stereocenters. The third kappa shape index (κ3) is 30.6. The van der Waals surface area contributed by atoms with Crippen molar-refractivity contribution in [3.05, 3.63) is 0 Å². The minimum Gasteiger partial charge on any atom is -0.469 e. The van der Waals surface area contributed by atoms with Crippen molar-refractivity contribution in [2.24, 2.45) is 11.8 Å². The van der Waals surface area contributed by atoms with Crippen LogP contribution in [0.2, 0.25) is 0 Å². The molecular formula is C43H79NO10. The standard InChI is InChI=1S/C43H79NO10/c1-6-10-14-16-25-37(23-12-8-3)42(48)53-35-20-18-33-51-40(46)28-31-44(30-22-27-39(45)50-5)32-29-41(47)52-34-19-21-36-54-43(49)38(24-13-9-4)26-17-15-11-7-2/h37-38H,6-36H2,1-5H3. The number of hydrogen-bond acceptors (Lipinski definition) is 11. The Labute approximate surface area is 328 Å². The zero-order chi connectivity index (χ0) is 40.1. The lowest BCUT2D eigenvalue weighted by Gasteiger charge is -2.21. The summed E-state index contributed by atoms with van der Waals surface area (Å²) in [5.74, 6) is -1.26. The number of ether oxygens (including phenoxy) is 5. The third-order valence-electron chi connectivity index (χ3n) is 9.73. The minimum atomic E-state index is -0.340. The Kier molecular flexibility index (Phi) is 35.4. The quantitative estimate of drug-likeness (QED) is 0.0338. The molecule has 11 heteroatoms. The molecule has 0 aliphatic heterocycles. The van der Waals surface area contributed by atoms with E-state index in [9.17, 15) is 24.0 Å². The number of esters is 5. The number of nitrogens with zero attached hydrogens (tertiary/aromatic N) is 1. The molecule has 0 aliphatic rings. The number of hydrogen-bond donors (Lipinski definition) is 0. The molecule has 0 rings (SSSR count). The van der Waals surface area contributed by atoms with Gasteiger partial charge in [-0.15, -0.1) is 0 Å². The summed E-state index contributed by atoms with van der Waals surface area (Å²) in [6, 6.07) is 0. The van der Waals surface area contributed by atoms with E-state index in [2.05, 4.69) is 27.7 Å². The molecule has 0 aliphatic carbocycles. The maximum atomic E-state index is 12.6. The van der Waals surface area contributed by atoms with Crippen molar-refractivity contribution in [3.63, 3.8) is 0 Å². The average Bonchev–Trinajstić information content (AvgIpc) is 3.17. The van der Waals surface area contributed by atoms with E-state index in [0.717, 1.165) is 77.0 Å². The van der Waals surface area contributed by atoms with Crippen molar-refractivity contribution in [1.29, 1.82) is 0 Å². The topological polar surface area (TPSA) is 135 Å². The molecule has 11 nitrogen and oxygen atoms in total. The van der Waals surface area contributed by atoms with E-state index >= 15 is 0 Å². The lowest BCUT2D eigenvalue weighted by atomic mass is 9.95. The molecule has 0 N–H and O–H groups in total. The number of unbranched alkanes of at least 4 members (excludes halogenated alkanes) is 10. The van der Waals surface area contributed by atoms with E-state index in [1.165, 1.54) is 32.8 Å². The lowest BCUT2D eigenvalue weighted by molar-refractivity contribution is -0.150. The first-order valence-electron chi connectivity index (χ1n) is 21.7. The molecule has 0 aromatic carbocycles. The maximum absolute atomic E-state index is 12.6. The Bertz CT molecular complexity index is 895. The fourth-order valence-corrected chi connectivity index (χ4v) is 6.19. The first-order valence-corrected chi connectivity index (χ1v) is 21.7. The van der Waals surface area contributed by atoms with Gasteiger partial charge in [-0.3, -0.25) is 24.0 Å². The van der Waals surface area contributed by atoms with Gasteiger partial charge < -0.3 is 28.6 Å². The van der Waals surface area contributed by atoms with Gasteiger partial charge in [0.25, 0.3) is 0 Å². The van der Waals surface area contributed by atoms with E-state index in [4.69, 9.17) is 23.7 Å². The Hall–Kier alpha value is -2.69. The summed E-state index contributed by atoms with van der Waals surface area (Å²) in [7, 11) is 1.35. The van der Waals surface area contributed by atoms with Crippen LogP contribution in [-0.4, -0.2) is 87.9 Å². The molecule has 2 unspecified atom stereocenters. The maximum Gasteiger partial charge on any atom is 0.308 e. The molecule has 0 aromatic rings. The second-order valence-corrected chi connectivity index (χ2v) is 14.6. The molecule has 0 radical (unpaired) electrons. The smallest absolute Gasteiger partial charge is 0.308 e. The van der Waals surface area contributed by atoms with Gasteiger partial charge in [0.1, 0.15) is 0 Å².